The van der Waals surface area contributed by atoms with Gasteiger partial charge in [-0.25, -0.2) is 9.78 Å². The molecule has 8 atom stereocenters. The quantitative estimate of drug-likeness (QED) is 0.0328. The number of aromatic nitrogens is 3. The lowest BCUT2D eigenvalue weighted by Gasteiger charge is -2.27. The first-order valence-electron chi connectivity index (χ1n) is 28.3. The highest BCUT2D eigenvalue weighted by molar-refractivity contribution is 5.98. The van der Waals surface area contributed by atoms with Crippen molar-refractivity contribution in [1.82, 2.24) is 57.5 Å². The van der Waals surface area contributed by atoms with Crippen LogP contribution in [0.1, 0.15) is 125 Å². The fraction of sp³-hybridized carbons (Fsp3) is 0.542. The molecule has 454 valence electrons. The van der Waals surface area contributed by atoms with Crippen molar-refractivity contribution in [3.05, 3.63) is 90.1 Å². The molecule has 14 N–H and O–H groups in total. The second-order valence-electron chi connectivity index (χ2n) is 23.3. The number of ether oxygens (including phenoxy) is 1. The topological polar surface area (TPSA) is 373 Å². The monoisotopic (exact) mass is 1150 g/mol. The molecule has 2 aromatic heterocycles. The first-order chi connectivity index (χ1) is 39.1. The van der Waals surface area contributed by atoms with Crippen molar-refractivity contribution < 1.29 is 52.7 Å². The number of hydrogen-bond acceptors (Lipinski definition) is 12. The Hall–Kier alpha value is -8.31. The molecule has 0 aliphatic heterocycles. The van der Waals surface area contributed by atoms with E-state index in [1.165, 1.54) is 19.4 Å². The second kappa shape index (κ2) is 32.4. The van der Waals surface area contributed by atoms with Crippen LogP contribution >= 0.6 is 0 Å². The summed E-state index contributed by atoms with van der Waals surface area (Å²) >= 11 is 0. The van der Waals surface area contributed by atoms with E-state index in [-0.39, 0.29) is 55.9 Å². The molecule has 0 unspecified atom stereocenters. The second-order valence-corrected chi connectivity index (χ2v) is 23.3. The van der Waals surface area contributed by atoms with Crippen LogP contribution in [0.4, 0.5) is 4.79 Å². The predicted octanol–water partition coefficient (Wildman–Crippen LogP) is 2.75. The van der Waals surface area contributed by atoms with Gasteiger partial charge in [-0.2, -0.15) is 0 Å². The van der Waals surface area contributed by atoms with Gasteiger partial charge in [-0.3, -0.25) is 43.2 Å². The summed E-state index contributed by atoms with van der Waals surface area (Å²) < 4.78 is 5.42. The lowest BCUT2D eigenvalue weighted by molar-refractivity contribution is -0.135. The number of primary amides is 2. The van der Waals surface area contributed by atoms with Crippen LogP contribution in [0.5, 0.6) is 0 Å². The number of carbonyl (C=O) groups is 10. The van der Waals surface area contributed by atoms with Crippen molar-refractivity contribution in [1.29, 1.82) is 0 Å². The number of imidazole rings is 1. The SMILES string of the molecule is CC(C)C[C@@H](CC[C@@H](CC(C)C)C(N)=O)NC(=O)[C@H](Cc1cnc[nH]1)NC(=O)CNC(=O)[C@@H](NC(=O)[C@H](C)NC(=O)[C@H](Cc1c[nH]c2ccccc12)NC(=O)[C@H](CCC(N)=O)NC(=O)[C@@H](Cc1ccccc1)NC(=O)OC(C)(C)C)C(C)C. The summed E-state index contributed by atoms with van der Waals surface area (Å²) in [5.74, 6) is -6.88. The van der Waals surface area contributed by atoms with Gasteiger partial charge in [0.25, 0.3) is 0 Å². The summed E-state index contributed by atoms with van der Waals surface area (Å²) in [6, 6.07) is 7.93. The third kappa shape index (κ3) is 23.6. The van der Waals surface area contributed by atoms with Gasteiger partial charge in [0.05, 0.1) is 12.9 Å². The van der Waals surface area contributed by atoms with E-state index >= 15 is 0 Å². The number of carbonyl (C=O) groups excluding carboxylic acids is 10. The minimum Gasteiger partial charge on any atom is -0.444 e. The molecule has 0 bridgehead atoms. The van der Waals surface area contributed by atoms with Crippen molar-refractivity contribution >= 4 is 70.2 Å². The number of benzene rings is 2. The standard InChI is InChI=1S/C59H87N13O11/c1-33(2)24-38(51(61)75)20-21-40(25-34(3)4)67-55(79)47(28-41-30-62-32-65-41)68-49(74)31-64-57(81)50(35(5)6)72-52(76)36(7)66-54(78)46(27-39-29-63-43-19-15-14-18-42(39)43)70-53(77)44(22-23-48(60)73)69-56(80)45(26-37-16-12-11-13-17-37)71-58(82)83-59(8,9)10/h11-19,29-30,32-36,38,40,44-47,50,63H,20-28,31H2,1-10H3,(H2,60,73)(H2,61,75)(H,62,65)(H,64,81)(H,66,78)(H,67,79)(H,68,74)(H,69,80)(H,70,77)(H,71,82)(H,72,76)/t36-,38-,40+,44-,45+,46-,47-,50-/m0/s1. The van der Waals surface area contributed by atoms with E-state index in [2.05, 4.69) is 57.5 Å². The molecule has 0 fully saturated rings. The molecule has 2 aromatic carbocycles. The van der Waals surface area contributed by atoms with Crippen molar-refractivity contribution in [3.8, 4) is 0 Å². The lowest BCUT2D eigenvalue weighted by atomic mass is 9.89. The van der Waals surface area contributed by atoms with Gasteiger partial charge in [0, 0.05) is 66.6 Å². The van der Waals surface area contributed by atoms with Gasteiger partial charge in [-0.05, 0) is 94.7 Å². The Bertz CT molecular complexity index is 2810. The molecular weight excluding hydrogens is 1070 g/mol. The van der Waals surface area contributed by atoms with Crippen molar-refractivity contribution in [2.24, 2.45) is 35.1 Å². The van der Waals surface area contributed by atoms with Crippen molar-refractivity contribution in [2.75, 3.05) is 6.54 Å². The Morgan fingerprint density at radius 2 is 1.20 bits per heavy atom. The summed E-state index contributed by atoms with van der Waals surface area (Å²) in [7, 11) is 0. The molecule has 0 saturated heterocycles. The summed E-state index contributed by atoms with van der Waals surface area (Å²) in [4.78, 5) is 145. The number of nitrogens with zero attached hydrogens (tertiary/aromatic N) is 1. The summed E-state index contributed by atoms with van der Waals surface area (Å²) in [6.45, 7) is 17.1. The summed E-state index contributed by atoms with van der Waals surface area (Å²) in [6.07, 6.45) is 5.16. The number of para-hydroxylation sites is 1. The molecule has 0 saturated carbocycles. The molecule has 10 amide bonds. The highest BCUT2D eigenvalue weighted by atomic mass is 16.6. The Morgan fingerprint density at radius 1 is 0.602 bits per heavy atom. The number of rotatable bonds is 33. The molecule has 2 heterocycles. The van der Waals surface area contributed by atoms with E-state index in [9.17, 15) is 47.9 Å². The smallest absolute Gasteiger partial charge is 0.408 e. The van der Waals surface area contributed by atoms with E-state index in [0.717, 1.165) is 10.9 Å². The van der Waals surface area contributed by atoms with Crippen LogP contribution in [-0.2, 0) is 67.2 Å². The number of alkyl carbamates (subject to hydrolysis) is 1. The Balaban J connectivity index is 1.49. The average Bonchev–Trinajstić information content (AvgIpc) is 4.15. The van der Waals surface area contributed by atoms with Crippen molar-refractivity contribution in [2.45, 2.75) is 175 Å². The van der Waals surface area contributed by atoms with Crippen LogP contribution in [-0.4, -0.2) is 129 Å². The molecule has 0 radical (unpaired) electrons. The normalized spacial score (nSPS) is 14.4. The molecule has 83 heavy (non-hydrogen) atoms. The van der Waals surface area contributed by atoms with Crippen LogP contribution in [0.2, 0.25) is 0 Å². The van der Waals surface area contributed by atoms with Crippen LogP contribution in [0.15, 0.2) is 73.3 Å². The van der Waals surface area contributed by atoms with E-state index in [1.807, 2.05) is 45.9 Å². The zero-order valence-corrected chi connectivity index (χ0v) is 49.4. The zero-order valence-electron chi connectivity index (χ0n) is 49.4. The Kier molecular flexibility index (Phi) is 26.2. The lowest BCUT2D eigenvalue weighted by Crippen LogP contribution is -2.60. The van der Waals surface area contributed by atoms with Crippen LogP contribution in [0, 0.1) is 23.7 Å². The Morgan fingerprint density at radius 3 is 1.82 bits per heavy atom. The minimum absolute atomic E-state index is 0.00802. The first kappa shape index (κ1) is 67.2. The van der Waals surface area contributed by atoms with Crippen molar-refractivity contribution in [3.63, 3.8) is 0 Å². The van der Waals surface area contributed by atoms with Gasteiger partial charge in [0.2, 0.25) is 53.2 Å². The third-order valence-electron chi connectivity index (χ3n) is 13.5. The largest absolute Gasteiger partial charge is 0.444 e. The zero-order chi connectivity index (χ0) is 61.6. The summed E-state index contributed by atoms with van der Waals surface area (Å²) in [5, 5.41) is 22.3. The minimum atomic E-state index is -1.46. The maximum absolute atomic E-state index is 14.4. The average molecular weight is 1150 g/mol. The van der Waals surface area contributed by atoms with E-state index in [0.29, 0.717) is 42.5 Å². The molecule has 24 nitrogen and oxygen atoms in total. The highest BCUT2D eigenvalue weighted by Gasteiger charge is 2.34. The summed E-state index contributed by atoms with van der Waals surface area (Å²) in [5.41, 5.74) is 12.9. The first-order valence-corrected chi connectivity index (χ1v) is 28.3. The third-order valence-corrected chi connectivity index (χ3v) is 13.5. The number of aromatic amines is 2. The number of hydrogen-bond donors (Lipinski definition) is 12. The fourth-order valence-electron chi connectivity index (χ4n) is 9.35. The molecule has 0 spiro atoms. The Labute approximate surface area is 485 Å². The molecule has 4 aromatic rings. The maximum Gasteiger partial charge on any atom is 0.408 e. The van der Waals surface area contributed by atoms with Crippen LogP contribution in [0.3, 0.4) is 0 Å². The molecule has 4 rings (SSSR count). The molecule has 0 aliphatic rings. The van der Waals surface area contributed by atoms with E-state index in [4.69, 9.17) is 16.2 Å². The van der Waals surface area contributed by atoms with Gasteiger partial charge in [0.1, 0.15) is 41.9 Å². The fourth-order valence-corrected chi connectivity index (χ4v) is 9.35. The van der Waals surface area contributed by atoms with E-state index < -0.39 is 114 Å². The number of H-pyrrole nitrogens is 2. The van der Waals surface area contributed by atoms with Gasteiger partial charge in [0.15, 0.2) is 0 Å². The van der Waals surface area contributed by atoms with Gasteiger partial charge in [-0.15, -0.1) is 0 Å². The molecule has 24 heteroatoms. The van der Waals surface area contributed by atoms with Crippen LogP contribution in [0.25, 0.3) is 10.9 Å². The maximum atomic E-state index is 14.4. The molecule has 0 aliphatic carbocycles. The number of nitrogens with two attached hydrogens (primary N) is 2. The predicted molar refractivity (Wildman–Crippen MR) is 312 cm³/mol. The highest BCUT2D eigenvalue weighted by Crippen LogP contribution is 2.22. The van der Waals surface area contributed by atoms with Gasteiger partial charge < -0.3 is 68.7 Å². The number of fused-ring (bicyclic) bond motifs is 1. The van der Waals surface area contributed by atoms with Gasteiger partial charge in [-0.1, -0.05) is 90.1 Å². The van der Waals surface area contributed by atoms with Gasteiger partial charge >= 0.3 is 6.09 Å². The van der Waals surface area contributed by atoms with Crippen LogP contribution < -0.4 is 54.0 Å². The number of nitrogens with one attached hydrogen (secondary N) is 10. The molecular formula is C59H87N13O11. The number of amides is 10. The van der Waals surface area contributed by atoms with E-state index in [1.54, 1.807) is 77.2 Å².